The summed E-state index contributed by atoms with van der Waals surface area (Å²) in [5.74, 6) is -0.621. The maximum atomic E-state index is 13.1. The Labute approximate surface area is 209 Å². The molecule has 1 aliphatic carbocycles. The average Bonchev–Trinajstić information content (AvgIpc) is 3.15. The molecule has 0 saturated carbocycles. The largest absolute Gasteiger partial charge is 0.481 e. The number of ether oxygens (including phenoxy) is 1. The summed E-state index contributed by atoms with van der Waals surface area (Å²) in [7, 11) is 0. The summed E-state index contributed by atoms with van der Waals surface area (Å²) in [4.78, 5) is 39.0. The number of hydrogen-bond donors (Lipinski definition) is 2. The highest BCUT2D eigenvalue weighted by Crippen LogP contribution is 2.44. The Bertz CT molecular complexity index is 1080. The fourth-order valence-corrected chi connectivity index (χ4v) is 5.44. The van der Waals surface area contributed by atoms with E-state index in [0.29, 0.717) is 18.6 Å². The van der Waals surface area contributed by atoms with E-state index in [9.17, 15) is 19.5 Å². The quantitative estimate of drug-likeness (QED) is 0.482. The standard InChI is InChI=1S/C27H30N2O5S/c1-3-13-27(25(31)32)16-29(17-27)24(30)23(12-14-35-2)28-26(33)34-15-22-20-10-6-4-8-18(20)19-9-5-7-11-21(19)22/h3-11,22-23H,1,12-17H2,2H3,(H,28,33)(H,31,32)/t23-/m1/s1. The number of benzene rings is 2. The normalized spacial score (nSPS) is 16.4. The van der Waals surface area contributed by atoms with E-state index in [1.165, 1.54) is 4.90 Å². The third kappa shape index (κ3) is 4.93. The van der Waals surface area contributed by atoms with E-state index >= 15 is 0 Å². The molecule has 2 aliphatic rings. The van der Waals surface area contributed by atoms with Crippen LogP contribution in [-0.2, 0) is 14.3 Å². The second-order valence-electron chi connectivity index (χ2n) is 9.08. The zero-order valence-corrected chi connectivity index (χ0v) is 20.6. The molecule has 1 heterocycles. The number of carboxylic acids is 1. The molecule has 1 atom stereocenters. The van der Waals surface area contributed by atoms with Crippen LogP contribution in [0.2, 0.25) is 0 Å². The summed E-state index contributed by atoms with van der Waals surface area (Å²) in [5, 5.41) is 12.3. The fourth-order valence-electron chi connectivity index (χ4n) is 4.96. The van der Waals surface area contributed by atoms with Crippen molar-refractivity contribution in [3.8, 4) is 11.1 Å². The Hall–Kier alpha value is -3.26. The van der Waals surface area contributed by atoms with Gasteiger partial charge in [0.1, 0.15) is 18.1 Å². The first-order valence-electron chi connectivity index (χ1n) is 11.6. The molecular formula is C27H30N2O5S. The number of fused-ring (bicyclic) bond motifs is 3. The number of thioether (sulfide) groups is 1. The topological polar surface area (TPSA) is 95.9 Å². The SMILES string of the molecule is C=CCC1(C(=O)O)CN(C(=O)[C@@H](CCSC)NC(=O)OCC2c3ccccc3-c3ccccc32)C1. The molecule has 1 saturated heterocycles. The zero-order chi connectivity index (χ0) is 25.0. The first-order chi connectivity index (χ1) is 16.9. The lowest BCUT2D eigenvalue weighted by molar-refractivity contribution is -0.166. The minimum atomic E-state index is -0.995. The Morgan fingerprint density at radius 2 is 1.77 bits per heavy atom. The number of allylic oxidation sites excluding steroid dienone is 1. The smallest absolute Gasteiger partial charge is 0.407 e. The molecule has 2 aromatic carbocycles. The Morgan fingerprint density at radius 3 is 2.31 bits per heavy atom. The van der Waals surface area contributed by atoms with E-state index in [1.807, 2.05) is 42.7 Å². The van der Waals surface area contributed by atoms with Crippen molar-refractivity contribution >= 4 is 29.7 Å². The molecule has 0 aromatic heterocycles. The van der Waals surface area contributed by atoms with Gasteiger partial charge in [-0.15, -0.1) is 6.58 Å². The monoisotopic (exact) mass is 494 g/mol. The van der Waals surface area contributed by atoms with E-state index < -0.39 is 23.5 Å². The molecular weight excluding hydrogens is 464 g/mol. The van der Waals surface area contributed by atoms with Gasteiger partial charge in [0, 0.05) is 19.0 Å². The lowest BCUT2D eigenvalue weighted by Crippen LogP contribution is -2.65. The number of amides is 2. The summed E-state index contributed by atoms with van der Waals surface area (Å²) in [6.07, 6.45) is 3.57. The van der Waals surface area contributed by atoms with Crippen LogP contribution in [-0.4, -0.2) is 65.7 Å². The predicted octanol–water partition coefficient (Wildman–Crippen LogP) is 4.14. The van der Waals surface area contributed by atoms with Crippen molar-refractivity contribution in [2.45, 2.75) is 24.8 Å². The summed E-state index contributed by atoms with van der Waals surface area (Å²) >= 11 is 1.57. The van der Waals surface area contributed by atoms with Gasteiger partial charge in [-0.05, 0) is 47.1 Å². The van der Waals surface area contributed by atoms with Crippen LogP contribution in [0.1, 0.15) is 29.9 Å². The van der Waals surface area contributed by atoms with Crippen LogP contribution in [0.3, 0.4) is 0 Å². The van der Waals surface area contributed by atoms with Crippen molar-refractivity contribution < 1.29 is 24.2 Å². The Kier molecular flexibility index (Phi) is 7.50. The summed E-state index contributed by atoms with van der Waals surface area (Å²) in [6.45, 7) is 4.01. The molecule has 1 fully saturated rings. The van der Waals surface area contributed by atoms with Crippen molar-refractivity contribution in [2.75, 3.05) is 31.7 Å². The minimum Gasteiger partial charge on any atom is -0.481 e. The number of carboxylic acid groups (broad SMARTS) is 1. The number of nitrogens with one attached hydrogen (secondary N) is 1. The fraction of sp³-hybridized carbons (Fsp3) is 0.370. The van der Waals surface area contributed by atoms with Crippen LogP contribution >= 0.6 is 11.8 Å². The average molecular weight is 495 g/mol. The van der Waals surface area contributed by atoms with Gasteiger partial charge in [0.05, 0.1) is 0 Å². The molecule has 0 radical (unpaired) electrons. The van der Waals surface area contributed by atoms with Gasteiger partial charge in [-0.2, -0.15) is 11.8 Å². The Morgan fingerprint density at radius 1 is 1.17 bits per heavy atom. The van der Waals surface area contributed by atoms with Gasteiger partial charge in [0.25, 0.3) is 0 Å². The highest BCUT2D eigenvalue weighted by molar-refractivity contribution is 7.98. The number of rotatable bonds is 10. The van der Waals surface area contributed by atoms with E-state index in [-0.39, 0.29) is 31.5 Å². The highest BCUT2D eigenvalue weighted by atomic mass is 32.2. The van der Waals surface area contributed by atoms with Crippen LogP contribution in [0, 0.1) is 5.41 Å². The number of hydrogen-bond acceptors (Lipinski definition) is 5. The number of alkyl carbamates (subject to hydrolysis) is 1. The first-order valence-corrected chi connectivity index (χ1v) is 13.0. The third-order valence-electron chi connectivity index (χ3n) is 6.83. The molecule has 8 heteroatoms. The van der Waals surface area contributed by atoms with Gasteiger partial charge in [-0.3, -0.25) is 9.59 Å². The summed E-state index contributed by atoms with van der Waals surface area (Å²) in [5.41, 5.74) is 3.52. The van der Waals surface area contributed by atoms with Gasteiger partial charge in [-0.1, -0.05) is 54.6 Å². The van der Waals surface area contributed by atoms with E-state index in [1.54, 1.807) is 17.8 Å². The molecule has 4 rings (SSSR count). The molecule has 184 valence electrons. The molecule has 2 N–H and O–H groups in total. The number of carbonyl (C=O) groups excluding carboxylic acids is 2. The van der Waals surface area contributed by atoms with E-state index in [4.69, 9.17) is 4.74 Å². The zero-order valence-electron chi connectivity index (χ0n) is 19.7. The van der Waals surface area contributed by atoms with Gasteiger partial charge in [0.15, 0.2) is 0 Å². The maximum absolute atomic E-state index is 13.1. The number of likely N-dealkylation sites (tertiary alicyclic amines) is 1. The van der Waals surface area contributed by atoms with Crippen molar-refractivity contribution in [1.82, 2.24) is 10.2 Å². The molecule has 2 amide bonds. The van der Waals surface area contributed by atoms with Crippen molar-refractivity contribution in [3.63, 3.8) is 0 Å². The summed E-state index contributed by atoms with van der Waals surface area (Å²) < 4.78 is 5.61. The van der Waals surface area contributed by atoms with Gasteiger partial charge in [-0.25, -0.2) is 4.79 Å². The van der Waals surface area contributed by atoms with Gasteiger partial charge in [0.2, 0.25) is 5.91 Å². The van der Waals surface area contributed by atoms with Crippen LogP contribution < -0.4 is 5.32 Å². The Balaban J connectivity index is 1.39. The first kappa shape index (κ1) is 24.9. The van der Waals surface area contributed by atoms with Crippen LogP contribution in [0.4, 0.5) is 4.79 Å². The highest BCUT2D eigenvalue weighted by Gasteiger charge is 2.51. The van der Waals surface area contributed by atoms with E-state index in [2.05, 4.69) is 24.0 Å². The molecule has 35 heavy (non-hydrogen) atoms. The lowest BCUT2D eigenvalue weighted by atomic mass is 9.76. The van der Waals surface area contributed by atoms with Crippen molar-refractivity contribution in [3.05, 3.63) is 72.3 Å². The van der Waals surface area contributed by atoms with E-state index in [0.717, 1.165) is 22.3 Å². The second kappa shape index (κ2) is 10.6. The van der Waals surface area contributed by atoms with Crippen LogP contribution in [0.15, 0.2) is 61.2 Å². The molecule has 0 bridgehead atoms. The third-order valence-corrected chi connectivity index (χ3v) is 7.48. The number of aliphatic carboxylic acids is 1. The summed E-state index contributed by atoms with van der Waals surface area (Å²) in [6, 6.07) is 15.4. The molecule has 0 spiro atoms. The lowest BCUT2D eigenvalue weighted by Gasteiger charge is -2.47. The maximum Gasteiger partial charge on any atom is 0.407 e. The van der Waals surface area contributed by atoms with Crippen molar-refractivity contribution in [2.24, 2.45) is 5.41 Å². The second-order valence-corrected chi connectivity index (χ2v) is 10.1. The minimum absolute atomic E-state index is 0.0704. The molecule has 0 unspecified atom stereocenters. The molecule has 7 nitrogen and oxygen atoms in total. The molecule has 2 aromatic rings. The van der Waals surface area contributed by atoms with Crippen LogP contribution in [0.5, 0.6) is 0 Å². The molecule has 1 aliphatic heterocycles. The number of nitrogens with zero attached hydrogens (tertiary/aromatic N) is 1. The van der Waals surface area contributed by atoms with Crippen molar-refractivity contribution in [1.29, 1.82) is 0 Å². The number of carbonyl (C=O) groups is 3. The van der Waals surface area contributed by atoms with Gasteiger partial charge >= 0.3 is 12.1 Å². The van der Waals surface area contributed by atoms with Crippen LogP contribution in [0.25, 0.3) is 11.1 Å². The predicted molar refractivity (Wildman–Crippen MR) is 136 cm³/mol. The van der Waals surface area contributed by atoms with Gasteiger partial charge < -0.3 is 20.1 Å².